The van der Waals surface area contributed by atoms with E-state index < -0.39 is 0 Å². The summed E-state index contributed by atoms with van der Waals surface area (Å²) in [6.45, 7) is 2.05. The molecule has 3 heteroatoms. The zero-order valence-electron chi connectivity index (χ0n) is 4.01. The lowest BCUT2D eigenvalue weighted by atomic mass is 10.7. The predicted octanol–water partition coefficient (Wildman–Crippen LogP) is 0.952. The van der Waals surface area contributed by atoms with E-state index in [0.29, 0.717) is 0 Å². The Labute approximate surface area is 49.0 Å². The van der Waals surface area contributed by atoms with Crippen LogP contribution in [0.25, 0.3) is 0 Å². The standard InChI is InChI=1S/C4H6NPS/c1-3-2-5-4(6)7-3/h2H,6H2,1H3. The fraction of sp³-hybridized carbons (Fsp3) is 0.250. The first-order valence-corrected chi connectivity index (χ1v) is 3.36. The summed E-state index contributed by atoms with van der Waals surface area (Å²) in [6.07, 6.45) is 1.87. The fourth-order valence-electron chi connectivity index (χ4n) is 0.372. The van der Waals surface area contributed by atoms with Gasteiger partial charge in [0.15, 0.2) is 0 Å². The van der Waals surface area contributed by atoms with Crippen LogP contribution in [0, 0.1) is 6.92 Å². The topological polar surface area (TPSA) is 12.9 Å². The summed E-state index contributed by atoms with van der Waals surface area (Å²) in [7, 11) is 2.56. The Balaban J connectivity index is 3.04. The first-order valence-electron chi connectivity index (χ1n) is 1.97. The van der Waals surface area contributed by atoms with E-state index in [0.717, 1.165) is 4.75 Å². The van der Waals surface area contributed by atoms with Gasteiger partial charge in [0.1, 0.15) is 4.75 Å². The molecule has 0 radical (unpaired) electrons. The SMILES string of the molecule is Cc1cnc(P)s1. The van der Waals surface area contributed by atoms with Crippen molar-refractivity contribution in [2.24, 2.45) is 0 Å². The molecule has 1 atom stereocenters. The van der Waals surface area contributed by atoms with Gasteiger partial charge >= 0.3 is 0 Å². The van der Waals surface area contributed by atoms with Gasteiger partial charge in [0.05, 0.1) is 0 Å². The molecule has 1 nitrogen and oxygen atoms in total. The van der Waals surface area contributed by atoms with Crippen LogP contribution in [-0.4, -0.2) is 4.98 Å². The number of rotatable bonds is 0. The molecule has 0 spiro atoms. The Morgan fingerprint density at radius 1 is 1.86 bits per heavy atom. The average molecular weight is 131 g/mol. The highest BCUT2D eigenvalue weighted by Crippen LogP contribution is 2.02. The number of nitrogens with zero attached hydrogens (tertiary/aromatic N) is 1. The van der Waals surface area contributed by atoms with Gasteiger partial charge in [-0.15, -0.1) is 11.3 Å². The van der Waals surface area contributed by atoms with E-state index in [1.54, 1.807) is 11.3 Å². The maximum absolute atomic E-state index is 4.00. The second-order valence-electron chi connectivity index (χ2n) is 1.31. The van der Waals surface area contributed by atoms with Crippen molar-refractivity contribution in [2.45, 2.75) is 6.92 Å². The summed E-state index contributed by atoms with van der Waals surface area (Å²) in [5, 5.41) is 0. The summed E-state index contributed by atoms with van der Waals surface area (Å²) in [6, 6.07) is 0. The van der Waals surface area contributed by atoms with Crippen molar-refractivity contribution in [1.82, 2.24) is 4.98 Å². The Bertz CT molecular complexity index is 144. The fourth-order valence-corrected chi connectivity index (χ4v) is 1.55. The molecule has 0 amide bonds. The van der Waals surface area contributed by atoms with Gasteiger partial charge in [0, 0.05) is 11.1 Å². The van der Waals surface area contributed by atoms with Gasteiger partial charge in [0.2, 0.25) is 0 Å². The zero-order chi connectivity index (χ0) is 5.28. The Morgan fingerprint density at radius 2 is 2.57 bits per heavy atom. The van der Waals surface area contributed by atoms with Crippen LogP contribution >= 0.6 is 20.6 Å². The molecule has 1 aromatic heterocycles. The molecule has 0 aliphatic carbocycles. The summed E-state index contributed by atoms with van der Waals surface area (Å²) in [4.78, 5) is 5.27. The van der Waals surface area contributed by atoms with E-state index in [-0.39, 0.29) is 0 Å². The lowest BCUT2D eigenvalue weighted by Gasteiger charge is -1.68. The zero-order valence-corrected chi connectivity index (χ0v) is 5.98. The molecule has 0 N–H and O–H groups in total. The van der Waals surface area contributed by atoms with Gasteiger partial charge in [-0.05, 0) is 6.92 Å². The Hall–Kier alpha value is 0.0600. The predicted molar refractivity (Wildman–Crippen MR) is 36.2 cm³/mol. The van der Waals surface area contributed by atoms with E-state index in [1.165, 1.54) is 4.88 Å². The second-order valence-corrected chi connectivity index (χ2v) is 3.54. The normalized spacial score (nSPS) is 9.43. The molecule has 1 rings (SSSR count). The van der Waals surface area contributed by atoms with Crippen LogP contribution < -0.4 is 4.75 Å². The van der Waals surface area contributed by atoms with Gasteiger partial charge in [-0.25, -0.2) is 4.98 Å². The van der Waals surface area contributed by atoms with Crippen LogP contribution in [0.3, 0.4) is 0 Å². The number of aryl methyl sites for hydroxylation is 1. The molecule has 0 aliphatic heterocycles. The number of hydrogen-bond acceptors (Lipinski definition) is 2. The summed E-state index contributed by atoms with van der Waals surface area (Å²) < 4.78 is 1.07. The largest absolute Gasteiger partial charge is 0.245 e. The molecule has 1 aromatic rings. The highest BCUT2D eigenvalue weighted by atomic mass is 32.1. The maximum atomic E-state index is 4.00. The average Bonchev–Trinajstić information content (AvgIpc) is 1.87. The molecule has 0 aliphatic rings. The molecule has 0 saturated heterocycles. The van der Waals surface area contributed by atoms with Crippen molar-refractivity contribution in [3.63, 3.8) is 0 Å². The number of thiazole rings is 1. The molecule has 0 bridgehead atoms. The highest BCUT2D eigenvalue weighted by Gasteiger charge is 1.86. The van der Waals surface area contributed by atoms with Gasteiger partial charge in [-0.1, -0.05) is 9.24 Å². The monoisotopic (exact) mass is 131 g/mol. The van der Waals surface area contributed by atoms with Crippen LogP contribution in [0.1, 0.15) is 4.88 Å². The van der Waals surface area contributed by atoms with E-state index in [4.69, 9.17) is 0 Å². The summed E-state index contributed by atoms with van der Waals surface area (Å²) >= 11 is 1.69. The molecule has 1 unspecified atom stereocenters. The minimum absolute atomic E-state index is 1.07. The van der Waals surface area contributed by atoms with Crippen LogP contribution in [-0.2, 0) is 0 Å². The maximum Gasteiger partial charge on any atom is 0.109 e. The first-order chi connectivity index (χ1) is 3.29. The minimum atomic E-state index is 1.07. The quantitative estimate of drug-likeness (QED) is 0.478. The van der Waals surface area contributed by atoms with E-state index in [2.05, 4.69) is 14.2 Å². The smallest absolute Gasteiger partial charge is 0.109 e. The highest BCUT2D eigenvalue weighted by molar-refractivity contribution is 7.42. The third kappa shape index (κ3) is 1.22. The molecule has 0 saturated carbocycles. The van der Waals surface area contributed by atoms with Gasteiger partial charge < -0.3 is 0 Å². The van der Waals surface area contributed by atoms with Crippen molar-refractivity contribution < 1.29 is 0 Å². The first kappa shape index (κ1) is 5.20. The van der Waals surface area contributed by atoms with Crippen molar-refractivity contribution in [2.75, 3.05) is 0 Å². The van der Waals surface area contributed by atoms with E-state index in [9.17, 15) is 0 Å². The molecule has 7 heavy (non-hydrogen) atoms. The van der Waals surface area contributed by atoms with Crippen LogP contribution in [0.5, 0.6) is 0 Å². The van der Waals surface area contributed by atoms with Crippen LogP contribution in [0.15, 0.2) is 6.20 Å². The van der Waals surface area contributed by atoms with Crippen molar-refractivity contribution in [3.05, 3.63) is 11.1 Å². The lowest BCUT2D eigenvalue weighted by molar-refractivity contribution is 1.43. The van der Waals surface area contributed by atoms with Crippen LogP contribution in [0.4, 0.5) is 0 Å². The summed E-state index contributed by atoms with van der Waals surface area (Å²) in [5.41, 5.74) is 0. The molecule has 1 heterocycles. The third-order valence-corrected chi connectivity index (χ3v) is 1.88. The molecule has 0 fully saturated rings. The Morgan fingerprint density at radius 3 is 2.71 bits per heavy atom. The minimum Gasteiger partial charge on any atom is -0.245 e. The van der Waals surface area contributed by atoms with Gasteiger partial charge in [-0.2, -0.15) is 0 Å². The second kappa shape index (κ2) is 1.89. The van der Waals surface area contributed by atoms with Crippen molar-refractivity contribution >= 4 is 25.3 Å². The van der Waals surface area contributed by atoms with Crippen LogP contribution in [0.2, 0.25) is 0 Å². The molecule has 0 aromatic carbocycles. The number of aromatic nitrogens is 1. The van der Waals surface area contributed by atoms with Crippen molar-refractivity contribution in [1.29, 1.82) is 0 Å². The molecular formula is C4H6NPS. The number of hydrogen-bond donors (Lipinski definition) is 0. The summed E-state index contributed by atoms with van der Waals surface area (Å²) in [5.74, 6) is 0. The van der Waals surface area contributed by atoms with E-state index >= 15 is 0 Å². The van der Waals surface area contributed by atoms with Crippen molar-refractivity contribution in [3.8, 4) is 0 Å². The van der Waals surface area contributed by atoms with E-state index in [1.807, 2.05) is 13.1 Å². The third-order valence-electron chi connectivity index (χ3n) is 0.639. The molecule has 38 valence electrons. The Kier molecular flexibility index (Phi) is 1.40. The van der Waals surface area contributed by atoms with Gasteiger partial charge in [-0.3, -0.25) is 0 Å². The lowest BCUT2D eigenvalue weighted by Crippen LogP contribution is -1.79. The molecular weight excluding hydrogens is 125 g/mol. The van der Waals surface area contributed by atoms with Gasteiger partial charge in [0.25, 0.3) is 0 Å².